The zero-order chi connectivity index (χ0) is 10.1. The van der Waals surface area contributed by atoms with Crippen LogP contribution in [-0.4, -0.2) is 16.2 Å². The monoisotopic (exact) mass is 255 g/mol. The Bertz CT molecular complexity index is 492. The Balaban J connectivity index is 2.53. The molecule has 0 unspecified atom stereocenters. The van der Waals surface area contributed by atoms with Crippen LogP contribution in [0.5, 0.6) is 0 Å². The number of halogens is 1. The Morgan fingerprint density at radius 3 is 3.07 bits per heavy atom. The first-order valence-electron chi connectivity index (χ1n) is 3.91. The third-order valence-electron chi connectivity index (χ3n) is 1.82. The molecule has 0 bridgehead atoms. The fraction of sp³-hybridized carbons (Fsp3) is 0.111. The first-order chi connectivity index (χ1) is 6.66. The number of fused-ring (bicyclic) bond motifs is 1. The summed E-state index contributed by atoms with van der Waals surface area (Å²) < 4.78 is 5.69. The van der Waals surface area contributed by atoms with Gasteiger partial charge in [-0.3, -0.25) is 4.79 Å². The van der Waals surface area contributed by atoms with Crippen LogP contribution in [-0.2, 0) is 11.2 Å². The number of aromatic nitrogens is 1. The second-order valence-corrected chi connectivity index (χ2v) is 3.75. The van der Waals surface area contributed by atoms with E-state index in [0.29, 0.717) is 5.58 Å². The average molecular weight is 256 g/mol. The molecule has 0 amide bonds. The molecule has 2 aromatic rings. The number of carbonyl (C=O) groups is 1. The van der Waals surface area contributed by atoms with Crippen LogP contribution in [0.2, 0.25) is 0 Å². The van der Waals surface area contributed by atoms with Gasteiger partial charge in [0.05, 0.1) is 17.1 Å². The van der Waals surface area contributed by atoms with E-state index in [2.05, 4.69) is 21.1 Å². The molecular formula is C9H6BrNO3. The minimum atomic E-state index is -0.854. The van der Waals surface area contributed by atoms with E-state index in [1.54, 1.807) is 18.3 Å². The molecule has 5 heteroatoms. The van der Waals surface area contributed by atoms with Crippen molar-refractivity contribution in [3.05, 3.63) is 28.4 Å². The number of benzene rings is 1. The highest BCUT2D eigenvalue weighted by Crippen LogP contribution is 2.25. The molecule has 1 aromatic heterocycles. The highest BCUT2D eigenvalue weighted by Gasteiger charge is 2.08. The lowest BCUT2D eigenvalue weighted by Gasteiger charge is -1.98. The summed E-state index contributed by atoms with van der Waals surface area (Å²) in [7, 11) is 0. The Labute approximate surface area is 87.6 Å². The van der Waals surface area contributed by atoms with Crippen molar-refractivity contribution in [2.24, 2.45) is 0 Å². The van der Waals surface area contributed by atoms with Crippen LogP contribution in [0.15, 0.2) is 27.3 Å². The standard InChI is InChI=1S/C9H6BrNO3/c10-7-2-5(3-8(12)13)1-6-4-11-14-9(6)7/h1-2,4H,3H2,(H,12,13). The van der Waals surface area contributed by atoms with Gasteiger partial charge in [0.2, 0.25) is 0 Å². The van der Waals surface area contributed by atoms with Crippen LogP contribution in [0.1, 0.15) is 5.56 Å². The van der Waals surface area contributed by atoms with E-state index in [4.69, 9.17) is 9.63 Å². The second-order valence-electron chi connectivity index (χ2n) is 2.89. The van der Waals surface area contributed by atoms with Gasteiger partial charge in [-0.15, -0.1) is 0 Å². The summed E-state index contributed by atoms with van der Waals surface area (Å²) in [6, 6.07) is 3.48. The summed E-state index contributed by atoms with van der Waals surface area (Å²) in [5.74, 6) is -0.854. The van der Waals surface area contributed by atoms with Gasteiger partial charge in [-0.2, -0.15) is 0 Å². The Morgan fingerprint density at radius 2 is 2.36 bits per heavy atom. The zero-order valence-electron chi connectivity index (χ0n) is 7.03. The van der Waals surface area contributed by atoms with E-state index in [9.17, 15) is 4.79 Å². The van der Waals surface area contributed by atoms with Gasteiger partial charge in [0, 0.05) is 5.39 Å². The lowest BCUT2D eigenvalue weighted by Crippen LogP contribution is -1.99. The quantitative estimate of drug-likeness (QED) is 0.894. The van der Waals surface area contributed by atoms with E-state index >= 15 is 0 Å². The van der Waals surface area contributed by atoms with Crippen molar-refractivity contribution in [1.82, 2.24) is 5.16 Å². The van der Waals surface area contributed by atoms with E-state index in [1.807, 2.05) is 0 Å². The molecule has 0 spiro atoms. The van der Waals surface area contributed by atoms with Gasteiger partial charge in [-0.25, -0.2) is 0 Å². The smallest absolute Gasteiger partial charge is 0.307 e. The van der Waals surface area contributed by atoms with Crippen molar-refractivity contribution in [2.45, 2.75) is 6.42 Å². The summed E-state index contributed by atoms with van der Waals surface area (Å²) in [5, 5.41) is 13.1. The summed E-state index contributed by atoms with van der Waals surface area (Å²) in [4.78, 5) is 10.5. The SMILES string of the molecule is O=C(O)Cc1cc(Br)c2oncc2c1. The highest BCUT2D eigenvalue weighted by molar-refractivity contribution is 9.10. The number of carboxylic acid groups (broad SMARTS) is 1. The minimum Gasteiger partial charge on any atom is -0.481 e. The summed E-state index contributed by atoms with van der Waals surface area (Å²) in [6.45, 7) is 0. The van der Waals surface area contributed by atoms with Gasteiger partial charge in [0.1, 0.15) is 0 Å². The number of hydrogen-bond acceptors (Lipinski definition) is 3. The van der Waals surface area contributed by atoms with Crippen molar-refractivity contribution < 1.29 is 14.4 Å². The fourth-order valence-corrected chi connectivity index (χ4v) is 1.87. The third-order valence-corrected chi connectivity index (χ3v) is 2.41. The van der Waals surface area contributed by atoms with E-state index in [1.165, 1.54) is 0 Å². The topological polar surface area (TPSA) is 63.3 Å². The second kappa shape index (κ2) is 3.42. The highest BCUT2D eigenvalue weighted by atomic mass is 79.9. The van der Waals surface area contributed by atoms with Gasteiger partial charge in [-0.1, -0.05) is 5.16 Å². The van der Waals surface area contributed by atoms with Crippen molar-refractivity contribution in [3.8, 4) is 0 Å². The molecule has 4 nitrogen and oxygen atoms in total. The van der Waals surface area contributed by atoms with Gasteiger partial charge in [-0.05, 0) is 33.6 Å². The molecule has 0 aliphatic carbocycles. The molecule has 14 heavy (non-hydrogen) atoms. The molecule has 0 atom stereocenters. The van der Waals surface area contributed by atoms with E-state index < -0.39 is 5.97 Å². The van der Waals surface area contributed by atoms with E-state index in [0.717, 1.165) is 15.4 Å². The largest absolute Gasteiger partial charge is 0.481 e. The lowest BCUT2D eigenvalue weighted by molar-refractivity contribution is -0.136. The summed E-state index contributed by atoms with van der Waals surface area (Å²) in [6.07, 6.45) is 1.56. The van der Waals surface area contributed by atoms with Crippen LogP contribution in [0.4, 0.5) is 0 Å². The number of nitrogens with zero attached hydrogens (tertiary/aromatic N) is 1. The third kappa shape index (κ3) is 1.63. The molecule has 72 valence electrons. The summed E-state index contributed by atoms with van der Waals surface area (Å²) in [5.41, 5.74) is 1.36. The molecule has 0 saturated carbocycles. The maximum atomic E-state index is 10.5. The Kier molecular flexibility index (Phi) is 2.25. The van der Waals surface area contributed by atoms with Crippen LogP contribution in [0.25, 0.3) is 11.0 Å². The molecule has 1 N–H and O–H groups in total. The van der Waals surface area contributed by atoms with Crippen molar-refractivity contribution in [2.75, 3.05) is 0 Å². The molecular weight excluding hydrogens is 250 g/mol. The maximum Gasteiger partial charge on any atom is 0.307 e. The van der Waals surface area contributed by atoms with Gasteiger partial charge in [0.15, 0.2) is 5.58 Å². The molecule has 1 aromatic carbocycles. The van der Waals surface area contributed by atoms with Crippen molar-refractivity contribution >= 4 is 32.9 Å². The van der Waals surface area contributed by atoms with Gasteiger partial charge < -0.3 is 9.63 Å². The number of aliphatic carboxylic acids is 1. The predicted octanol–water partition coefficient (Wildman–Crippen LogP) is 2.22. The maximum absolute atomic E-state index is 10.5. The van der Waals surface area contributed by atoms with Crippen LogP contribution in [0, 0.1) is 0 Å². The molecule has 0 aliphatic rings. The fourth-order valence-electron chi connectivity index (χ4n) is 1.28. The first-order valence-corrected chi connectivity index (χ1v) is 4.71. The van der Waals surface area contributed by atoms with Crippen molar-refractivity contribution in [1.29, 1.82) is 0 Å². The Hall–Kier alpha value is -1.36. The number of carboxylic acids is 1. The van der Waals surface area contributed by atoms with Crippen LogP contribution >= 0.6 is 15.9 Å². The first kappa shape index (κ1) is 9.21. The van der Waals surface area contributed by atoms with Gasteiger partial charge >= 0.3 is 5.97 Å². The molecule has 0 fully saturated rings. The van der Waals surface area contributed by atoms with E-state index in [-0.39, 0.29) is 6.42 Å². The number of rotatable bonds is 2. The molecule has 0 saturated heterocycles. The van der Waals surface area contributed by atoms with Crippen molar-refractivity contribution in [3.63, 3.8) is 0 Å². The number of hydrogen-bond donors (Lipinski definition) is 1. The summed E-state index contributed by atoms with van der Waals surface area (Å²) >= 11 is 3.29. The molecule has 0 radical (unpaired) electrons. The molecule has 0 aliphatic heterocycles. The predicted molar refractivity (Wildman–Crippen MR) is 53.0 cm³/mol. The lowest BCUT2D eigenvalue weighted by atomic mass is 10.1. The Morgan fingerprint density at radius 1 is 1.57 bits per heavy atom. The normalized spacial score (nSPS) is 10.6. The molecule has 1 heterocycles. The zero-order valence-corrected chi connectivity index (χ0v) is 8.61. The van der Waals surface area contributed by atoms with Crippen LogP contribution < -0.4 is 0 Å². The van der Waals surface area contributed by atoms with Gasteiger partial charge in [0.25, 0.3) is 0 Å². The van der Waals surface area contributed by atoms with Crippen LogP contribution in [0.3, 0.4) is 0 Å². The molecule has 2 rings (SSSR count). The average Bonchev–Trinajstić information content (AvgIpc) is 2.50. The minimum absolute atomic E-state index is 0.000278.